The molecule has 1 heterocycles. The van der Waals surface area contributed by atoms with Gasteiger partial charge in [-0.05, 0) is 55.2 Å². The van der Waals surface area contributed by atoms with Crippen LogP contribution >= 0.6 is 0 Å². The maximum absolute atomic E-state index is 13.9. The molecule has 3 fully saturated rings. The molecule has 0 bridgehead atoms. The van der Waals surface area contributed by atoms with Crippen molar-refractivity contribution in [3.63, 3.8) is 0 Å². The lowest BCUT2D eigenvalue weighted by molar-refractivity contribution is -0.238. The Morgan fingerprint density at radius 1 is 0.821 bits per heavy atom. The van der Waals surface area contributed by atoms with Gasteiger partial charge in [-0.15, -0.1) is 0 Å². The van der Waals surface area contributed by atoms with E-state index in [1.54, 1.807) is 0 Å². The van der Waals surface area contributed by atoms with Crippen LogP contribution in [-0.2, 0) is 15.6 Å². The van der Waals surface area contributed by atoms with Crippen molar-refractivity contribution in [2.45, 2.75) is 63.3 Å². The molecule has 1 aromatic carbocycles. The summed E-state index contributed by atoms with van der Waals surface area (Å²) in [5.74, 6) is -1.45. The molecule has 1 N–H and O–H groups in total. The van der Waals surface area contributed by atoms with Gasteiger partial charge in [0.25, 0.3) is 0 Å². The third kappa shape index (κ3) is 4.07. The Bertz CT molecular complexity index is 662. The van der Waals surface area contributed by atoms with E-state index in [9.17, 15) is 17.6 Å². The third-order valence-corrected chi connectivity index (χ3v) is 6.76. The second kappa shape index (κ2) is 7.92. The predicted molar refractivity (Wildman–Crippen MR) is 93.7 cm³/mol. The minimum absolute atomic E-state index is 0.104. The van der Waals surface area contributed by atoms with E-state index in [-0.39, 0.29) is 18.1 Å². The number of alkyl halides is 2. The maximum Gasteiger partial charge on any atom is 0.386 e. The summed E-state index contributed by atoms with van der Waals surface area (Å²) in [7, 11) is 0. The minimum Gasteiger partial charge on any atom is -0.352 e. The molecule has 0 atom stereocenters. The summed E-state index contributed by atoms with van der Waals surface area (Å²) in [6.07, 6.45) is 2.05. The van der Waals surface area contributed by atoms with E-state index in [0.717, 1.165) is 44.1 Å². The number of halogens is 4. The zero-order valence-corrected chi connectivity index (χ0v) is 15.7. The van der Waals surface area contributed by atoms with Gasteiger partial charge in [0.1, 0.15) is 17.2 Å². The highest BCUT2D eigenvalue weighted by molar-refractivity contribution is 5.30. The first-order valence-corrected chi connectivity index (χ1v) is 10.2. The van der Waals surface area contributed by atoms with Gasteiger partial charge in [-0.1, -0.05) is 19.3 Å². The van der Waals surface area contributed by atoms with Crippen LogP contribution in [0.1, 0.15) is 62.0 Å². The Morgan fingerprint density at radius 3 is 1.86 bits per heavy atom. The topological polar surface area (TPSA) is 38.7 Å². The average molecular weight is 402 g/mol. The summed E-state index contributed by atoms with van der Waals surface area (Å²) in [4.78, 5) is 0. The first-order chi connectivity index (χ1) is 13.3. The quantitative estimate of drug-likeness (QED) is 0.715. The Kier molecular flexibility index (Phi) is 5.69. The van der Waals surface area contributed by atoms with Crippen molar-refractivity contribution in [1.29, 1.82) is 0 Å². The fraction of sp³-hybridized carbons (Fsp3) is 0.714. The zero-order chi connectivity index (χ0) is 19.9. The lowest BCUT2D eigenvalue weighted by Crippen LogP contribution is -2.42. The van der Waals surface area contributed by atoms with E-state index >= 15 is 0 Å². The summed E-state index contributed by atoms with van der Waals surface area (Å²) in [5, 5.41) is 8.66. The smallest absolute Gasteiger partial charge is 0.352 e. The van der Waals surface area contributed by atoms with Crippen LogP contribution in [0.15, 0.2) is 12.1 Å². The molecule has 156 valence electrons. The van der Waals surface area contributed by atoms with Crippen LogP contribution in [0.2, 0.25) is 0 Å². The highest BCUT2D eigenvalue weighted by Crippen LogP contribution is 2.42. The van der Waals surface area contributed by atoms with E-state index in [1.807, 2.05) is 0 Å². The van der Waals surface area contributed by atoms with E-state index < -0.39 is 23.3 Å². The minimum atomic E-state index is -4.53. The molecule has 4 rings (SSSR count). The van der Waals surface area contributed by atoms with Gasteiger partial charge in [0.15, 0.2) is 6.29 Å². The highest BCUT2D eigenvalue weighted by atomic mass is 19.3. The van der Waals surface area contributed by atoms with Crippen LogP contribution in [0.4, 0.5) is 17.6 Å². The fourth-order valence-electron chi connectivity index (χ4n) is 4.83. The molecule has 7 heteroatoms. The predicted octanol–water partition coefficient (Wildman–Crippen LogP) is 5.07. The molecule has 28 heavy (non-hydrogen) atoms. The Morgan fingerprint density at radius 2 is 1.39 bits per heavy atom. The zero-order valence-electron chi connectivity index (χ0n) is 15.7. The first kappa shape index (κ1) is 20.1. The molecule has 0 amide bonds. The van der Waals surface area contributed by atoms with Crippen molar-refractivity contribution in [3.05, 3.63) is 34.9 Å². The number of rotatable bonds is 4. The number of ether oxygens (including phenoxy) is 2. The van der Waals surface area contributed by atoms with Gasteiger partial charge in [-0.2, -0.15) is 8.78 Å². The van der Waals surface area contributed by atoms with Gasteiger partial charge in [-0.25, -0.2) is 8.78 Å². The Labute approximate surface area is 162 Å². The highest BCUT2D eigenvalue weighted by Gasteiger charge is 2.38. The van der Waals surface area contributed by atoms with Crippen molar-refractivity contribution >= 4 is 0 Å². The molecular formula is C21H26F4O3. The molecule has 0 radical (unpaired) electrons. The summed E-state index contributed by atoms with van der Waals surface area (Å²) < 4.78 is 65.7. The van der Waals surface area contributed by atoms with Crippen LogP contribution in [0.3, 0.4) is 0 Å². The fourth-order valence-corrected chi connectivity index (χ4v) is 4.83. The van der Waals surface area contributed by atoms with Crippen LogP contribution in [-0.4, -0.2) is 24.6 Å². The molecule has 0 aromatic heterocycles. The Balaban J connectivity index is 1.33. The van der Waals surface area contributed by atoms with Crippen molar-refractivity contribution in [2.24, 2.45) is 17.8 Å². The van der Waals surface area contributed by atoms with Crippen molar-refractivity contribution in [3.8, 4) is 0 Å². The van der Waals surface area contributed by atoms with E-state index in [4.69, 9.17) is 14.6 Å². The van der Waals surface area contributed by atoms with Gasteiger partial charge >= 0.3 is 6.11 Å². The Hall–Kier alpha value is -1.18. The summed E-state index contributed by atoms with van der Waals surface area (Å²) in [5.41, 5.74) is -1.23. The van der Waals surface area contributed by atoms with Crippen molar-refractivity contribution in [2.75, 3.05) is 13.2 Å². The third-order valence-electron chi connectivity index (χ3n) is 6.76. The normalized spacial score (nSPS) is 32.2. The van der Waals surface area contributed by atoms with Crippen molar-refractivity contribution in [1.82, 2.24) is 0 Å². The lowest BCUT2D eigenvalue weighted by Gasteiger charge is -2.41. The van der Waals surface area contributed by atoms with Crippen LogP contribution in [0, 0.1) is 29.4 Å². The average Bonchev–Trinajstić information content (AvgIpc) is 2.59. The van der Waals surface area contributed by atoms with Gasteiger partial charge < -0.3 is 14.6 Å². The molecule has 2 saturated carbocycles. The maximum atomic E-state index is 13.9. The summed E-state index contributed by atoms with van der Waals surface area (Å²) >= 11 is 0. The van der Waals surface area contributed by atoms with Crippen molar-refractivity contribution < 1.29 is 32.1 Å². The van der Waals surface area contributed by atoms with Gasteiger partial charge in [0, 0.05) is 11.8 Å². The van der Waals surface area contributed by atoms with Gasteiger partial charge in [-0.3, -0.25) is 0 Å². The van der Waals surface area contributed by atoms with E-state index in [2.05, 4.69) is 0 Å². The molecule has 3 aliphatic rings. The number of aliphatic hydroxyl groups is 1. The summed E-state index contributed by atoms with van der Waals surface area (Å²) in [6, 6.07) is 1.84. The molecule has 1 saturated heterocycles. The van der Waals surface area contributed by atoms with E-state index in [0.29, 0.717) is 24.3 Å². The molecule has 1 aliphatic heterocycles. The van der Waals surface area contributed by atoms with Crippen LogP contribution in [0.5, 0.6) is 0 Å². The first-order valence-electron chi connectivity index (χ1n) is 10.2. The van der Waals surface area contributed by atoms with Crippen LogP contribution in [0.25, 0.3) is 0 Å². The second-order valence-electron chi connectivity index (χ2n) is 8.50. The molecule has 0 unspecified atom stereocenters. The summed E-state index contributed by atoms with van der Waals surface area (Å²) in [6.45, 7) is 1.48. The van der Waals surface area contributed by atoms with E-state index in [1.165, 1.54) is 19.3 Å². The molecule has 2 aliphatic carbocycles. The standard InChI is InChI=1S/C21H26F4O3/c22-17-8-15(9-18(23)19(17)21(24,25)26)13-4-6-14(7-5-13)20-27-10-16(11-28-20)12-2-1-3-12/h8-9,12-14,16,20,26H,1-7,10-11H2. The number of hydrogen-bond acceptors (Lipinski definition) is 3. The molecule has 1 aromatic rings. The number of benzene rings is 1. The lowest BCUT2D eigenvalue weighted by atomic mass is 9.75. The molecule has 3 nitrogen and oxygen atoms in total. The SMILES string of the molecule is OC(F)(F)c1c(F)cc(C2CCC(C3OCC(C4CCC4)CO3)CC2)cc1F. The van der Waals surface area contributed by atoms with Gasteiger partial charge in [0.2, 0.25) is 0 Å². The van der Waals surface area contributed by atoms with Crippen LogP contribution < -0.4 is 0 Å². The molecular weight excluding hydrogens is 376 g/mol. The largest absolute Gasteiger partial charge is 0.386 e. The second-order valence-corrected chi connectivity index (χ2v) is 8.50. The monoisotopic (exact) mass is 402 g/mol. The molecule has 0 spiro atoms. The van der Waals surface area contributed by atoms with Gasteiger partial charge in [0.05, 0.1) is 13.2 Å². The number of hydrogen-bond donors (Lipinski definition) is 1.